The monoisotopic (exact) mass is 1280 g/mol. The minimum Gasteiger partial charge on any atom is -0.310 e. The van der Waals surface area contributed by atoms with Gasteiger partial charge in [0.1, 0.15) is 0 Å². The van der Waals surface area contributed by atoms with Gasteiger partial charge in [-0.05, 0) is 221 Å². The summed E-state index contributed by atoms with van der Waals surface area (Å²) in [6.07, 6.45) is 0. The van der Waals surface area contributed by atoms with Crippen LogP contribution in [0.15, 0.2) is 279 Å². The lowest BCUT2D eigenvalue weighted by molar-refractivity contribution is 0.590. The van der Waals surface area contributed by atoms with Crippen molar-refractivity contribution in [3.8, 4) is 44.8 Å². The molecule has 0 bridgehead atoms. The first kappa shape index (κ1) is 63.1. The zero-order valence-electron chi connectivity index (χ0n) is 59.8. The molecule has 99 heavy (non-hydrogen) atoms. The molecular formula is C95H88N4. The van der Waals surface area contributed by atoms with Gasteiger partial charge >= 0.3 is 0 Å². The molecule has 2 aromatic heterocycles. The summed E-state index contributed by atoms with van der Waals surface area (Å²) in [4.78, 5) is 5.00. The molecule has 1 aliphatic rings. The lowest BCUT2D eigenvalue weighted by atomic mass is 9.81. The molecule has 0 radical (unpaired) electrons. The molecule has 15 aromatic rings. The number of benzene rings is 13. The van der Waals surface area contributed by atoms with Crippen LogP contribution in [0, 0.1) is 0 Å². The Bertz CT molecular complexity index is 5510. The average molecular weight is 1290 g/mol. The number of nitrogens with zero attached hydrogens (tertiary/aromatic N) is 4. The second-order valence-electron chi connectivity index (χ2n) is 32.4. The Kier molecular flexibility index (Phi) is 14.8. The Labute approximate surface area is 585 Å². The van der Waals surface area contributed by atoms with Gasteiger partial charge in [0.15, 0.2) is 0 Å². The van der Waals surface area contributed by atoms with Gasteiger partial charge in [0.25, 0.3) is 0 Å². The topological polar surface area (TPSA) is 16.3 Å². The maximum absolute atomic E-state index is 2.53. The molecule has 0 saturated heterocycles. The Morgan fingerprint density at radius 1 is 0.263 bits per heavy atom. The fourth-order valence-electron chi connectivity index (χ4n) is 15.6. The fourth-order valence-corrected chi connectivity index (χ4v) is 15.6. The van der Waals surface area contributed by atoms with Gasteiger partial charge in [-0.25, -0.2) is 0 Å². The molecule has 16 rings (SSSR count). The summed E-state index contributed by atoms with van der Waals surface area (Å²) in [6.45, 7) is 32.7. The van der Waals surface area contributed by atoms with Crippen LogP contribution in [0.3, 0.4) is 0 Å². The van der Waals surface area contributed by atoms with Crippen LogP contribution in [0.25, 0.3) is 99.1 Å². The van der Waals surface area contributed by atoms with E-state index in [2.05, 4.69) is 395 Å². The second kappa shape index (κ2) is 23.2. The molecule has 4 heteroatoms. The van der Waals surface area contributed by atoms with Crippen molar-refractivity contribution in [1.82, 2.24) is 9.13 Å². The van der Waals surface area contributed by atoms with Gasteiger partial charge in [0, 0.05) is 72.2 Å². The summed E-state index contributed by atoms with van der Waals surface area (Å²) in [5, 5.41) is 7.53. The van der Waals surface area contributed by atoms with Crippen molar-refractivity contribution >= 4 is 88.5 Å². The molecule has 0 amide bonds. The van der Waals surface area contributed by atoms with E-state index in [9.17, 15) is 0 Å². The maximum atomic E-state index is 2.53. The van der Waals surface area contributed by atoms with E-state index < -0.39 is 5.41 Å². The largest absolute Gasteiger partial charge is 0.310 e. The van der Waals surface area contributed by atoms with Crippen molar-refractivity contribution in [3.05, 3.63) is 312 Å². The minimum atomic E-state index is -0.420. The van der Waals surface area contributed by atoms with E-state index in [1.165, 1.54) is 121 Å². The standard InChI is InChI=1S/C95H88N4/c1-91(2,3)65-39-49-85-79(53-65)80-54-66(92(4,5)6)40-50-86(80)98(85)73-31-23-29-71(57-73)96(69-43-35-63(36-44-69)61-25-17-15-18-26-61)75-47-48-78-83(59-75)95(13,14)84-60-89(76-33-21-22-34-77(76)90(78)84)97(70-45-37-64(38-46-70)62-27-19-16-20-28-62)72-30-24-32-74(58-72)99-87-51-41-67(93(7,8)9)55-81(87)82-56-68(94(10,11)12)42-52-88(82)99/h15-60H,1-14H3. The molecule has 0 saturated carbocycles. The van der Waals surface area contributed by atoms with E-state index in [0.717, 1.165) is 45.5 Å². The second-order valence-corrected chi connectivity index (χ2v) is 32.4. The summed E-state index contributed by atoms with van der Waals surface area (Å²) in [5.41, 5.74) is 28.4. The molecule has 13 aromatic carbocycles. The first-order valence-corrected chi connectivity index (χ1v) is 35.4. The van der Waals surface area contributed by atoms with E-state index in [-0.39, 0.29) is 21.7 Å². The average Bonchev–Trinajstić information content (AvgIpc) is 1.60. The number of fused-ring (bicyclic) bond motifs is 11. The number of aromatic nitrogens is 2. The van der Waals surface area contributed by atoms with E-state index >= 15 is 0 Å². The lowest BCUT2D eigenvalue weighted by Crippen LogP contribution is -2.18. The van der Waals surface area contributed by atoms with Gasteiger partial charge in [0.2, 0.25) is 0 Å². The van der Waals surface area contributed by atoms with Gasteiger partial charge in [0.05, 0.1) is 27.8 Å². The first-order valence-electron chi connectivity index (χ1n) is 35.4. The number of hydrogen-bond acceptors (Lipinski definition) is 2. The number of anilines is 6. The van der Waals surface area contributed by atoms with Crippen LogP contribution in [0.2, 0.25) is 0 Å². The van der Waals surface area contributed by atoms with Gasteiger partial charge in [-0.2, -0.15) is 0 Å². The van der Waals surface area contributed by atoms with Crippen LogP contribution in [0.5, 0.6) is 0 Å². The Balaban J connectivity index is 0.863. The predicted molar refractivity (Wildman–Crippen MR) is 425 cm³/mol. The van der Waals surface area contributed by atoms with Crippen molar-refractivity contribution < 1.29 is 0 Å². The van der Waals surface area contributed by atoms with Crippen molar-refractivity contribution in [3.63, 3.8) is 0 Å². The van der Waals surface area contributed by atoms with Crippen molar-refractivity contribution in [2.75, 3.05) is 9.80 Å². The third-order valence-electron chi connectivity index (χ3n) is 21.3. The van der Waals surface area contributed by atoms with Crippen LogP contribution in [-0.2, 0) is 27.1 Å². The SMILES string of the molecule is CC(C)(C)c1ccc2c(c1)c1cc(C(C)(C)C)ccc1n2-c1cccc(N(c2ccc(-c3ccccc3)cc2)c2ccc3c(c2)C(C)(C)c2cc(N(c4ccc(-c5ccccc5)cc4)c4cccc(-n5c6ccc(C(C)(C)C)cc6c6cc(C(C)(C)C)ccc65)c4)c4ccccc4c2-3)c1. The highest BCUT2D eigenvalue weighted by Crippen LogP contribution is 2.56. The molecule has 2 heterocycles. The van der Waals surface area contributed by atoms with Crippen LogP contribution < -0.4 is 9.80 Å². The van der Waals surface area contributed by atoms with Crippen LogP contribution in [0.1, 0.15) is 130 Å². The normalized spacial score (nSPS) is 13.2. The molecule has 0 atom stereocenters. The van der Waals surface area contributed by atoms with Gasteiger partial charge in [-0.3, -0.25) is 0 Å². The Morgan fingerprint density at radius 2 is 0.616 bits per heavy atom. The zero-order chi connectivity index (χ0) is 68.7. The summed E-state index contributed by atoms with van der Waals surface area (Å²) in [7, 11) is 0. The predicted octanol–water partition coefficient (Wildman–Crippen LogP) is 26.8. The third kappa shape index (κ3) is 10.9. The number of hydrogen-bond donors (Lipinski definition) is 0. The minimum absolute atomic E-state index is 0.00399. The van der Waals surface area contributed by atoms with Gasteiger partial charge in [-0.1, -0.05) is 249 Å². The highest BCUT2D eigenvalue weighted by atomic mass is 15.2. The molecule has 488 valence electrons. The third-order valence-corrected chi connectivity index (χ3v) is 21.3. The molecule has 0 aliphatic heterocycles. The smallest absolute Gasteiger partial charge is 0.0543 e. The van der Waals surface area contributed by atoms with Gasteiger partial charge in [-0.15, -0.1) is 0 Å². The molecule has 0 spiro atoms. The van der Waals surface area contributed by atoms with E-state index in [4.69, 9.17) is 0 Å². The summed E-state index contributed by atoms with van der Waals surface area (Å²) >= 11 is 0. The van der Waals surface area contributed by atoms with Crippen LogP contribution >= 0.6 is 0 Å². The number of rotatable bonds is 10. The van der Waals surface area contributed by atoms with Crippen LogP contribution in [-0.4, -0.2) is 9.13 Å². The zero-order valence-corrected chi connectivity index (χ0v) is 59.8. The highest BCUT2D eigenvalue weighted by molar-refractivity contribution is 6.13. The first-order chi connectivity index (χ1) is 47.4. The van der Waals surface area contributed by atoms with E-state index in [0.29, 0.717) is 0 Å². The summed E-state index contributed by atoms with van der Waals surface area (Å²) < 4.78 is 4.98. The maximum Gasteiger partial charge on any atom is 0.0543 e. The highest BCUT2D eigenvalue weighted by Gasteiger charge is 2.39. The van der Waals surface area contributed by atoms with E-state index in [1.54, 1.807) is 0 Å². The van der Waals surface area contributed by atoms with Crippen molar-refractivity contribution in [2.24, 2.45) is 0 Å². The Morgan fingerprint density at radius 3 is 1.03 bits per heavy atom. The quantitative estimate of drug-likeness (QED) is 0.136. The molecule has 0 unspecified atom stereocenters. The molecule has 1 aliphatic carbocycles. The van der Waals surface area contributed by atoms with Gasteiger partial charge < -0.3 is 18.9 Å². The fraction of sp³-hybridized carbons (Fsp3) is 0.200. The summed E-state index contributed by atoms with van der Waals surface area (Å²) in [6, 6.07) is 106. The Hall–Kier alpha value is -10.7. The molecule has 0 N–H and O–H groups in total. The summed E-state index contributed by atoms with van der Waals surface area (Å²) in [5.74, 6) is 0. The molecular weight excluding hydrogens is 1200 g/mol. The molecule has 0 fully saturated rings. The van der Waals surface area contributed by atoms with Crippen molar-refractivity contribution in [2.45, 2.75) is 124 Å². The van der Waals surface area contributed by atoms with Crippen molar-refractivity contribution in [1.29, 1.82) is 0 Å². The lowest BCUT2D eigenvalue weighted by Gasteiger charge is -2.30. The van der Waals surface area contributed by atoms with Crippen LogP contribution in [0.4, 0.5) is 34.1 Å². The molecule has 4 nitrogen and oxygen atoms in total. The van der Waals surface area contributed by atoms with E-state index in [1.807, 2.05) is 0 Å².